The van der Waals surface area contributed by atoms with Crippen LogP contribution in [-0.2, 0) is 4.79 Å². The van der Waals surface area contributed by atoms with E-state index in [0.717, 1.165) is 12.8 Å². The second kappa shape index (κ2) is 5.34. The Morgan fingerprint density at radius 1 is 1.42 bits per heavy atom. The fraction of sp³-hybridized carbons (Fsp3) is 0.538. The van der Waals surface area contributed by atoms with Crippen molar-refractivity contribution in [2.75, 3.05) is 20.1 Å². The number of hydrogen-bond acceptors (Lipinski definition) is 4. The molecule has 6 nitrogen and oxygen atoms in total. The van der Waals surface area contributed by atoms with Gasteiger partial charge in [-0.05, 0) is 19.8 Å². The van der Waals surface area contributed by atoms with Gasteiger partial charge in [-0.3, -0.25) is 14.6 Å². The van der Waals surface area contributed by atoms with E-state index in [9.17, 15) is 9.59 Å². The van der Waals surface area contributed by atoms with Crippen molar-refractivity contribution in [2.45, 2.75) is 19.8 Å². The van der Waals surface area contributed by atoms with Gasteiger partial charge in [-0.25, -0.2) is 4.98 Å². The van der Waals surface area contributed by atoms with Gasteiger partial charge in [0.2, 0.25) is 5.91 Å². The maximum atomic E-state index is 12.3. The summed E-state index contributed by atoms with van der Waals surface area (Å²) in [5.74, 6) is -0.188. The van der Waals surface area contributed by atoms with Crippen LogP contribution in [0.1, 0.15) is 30.3 Å². The fourth-order valence-corrected chi connectivity index (χ4v) is 2.47. The molecular formula is C13H18N4O2. The fourth-order valence-electron chi connectivity index (χ4n) is 2.47. The average Bonchev–Trinajstić information content (AvgIpc) is 2.46. The van der Waals surface area contributed by atoms with Crippen LogP contribution in [0.4, 0.5) is 0 Å². The summed E-state index contributed by atoms with van der Waals surface area (Å²) in [5.41, 5.74) is -0.200. The summed E-state index contributed by atoms with van der Waals surface area (Å²) in [5, 5.41) is 2.67. The summed E-state index contributed by atoms with van der Waals surface area (Å²) in [4.78, 5) is 33.8. The standard InChI is InChI=1S/C13H18N4O2/c1-13(12(19)14-2)4-3-7-17(9-13)11(18)10-8-15-5-6-16-10/h5-6,8H,3-4,7,9H2,1-2H3,(H,14,19). The largest absolute Gasteiger partial charge is 0.359 e. The smallest absolute Gasteiger partial charge is 0.274 e. The number of carbonyl (C=O) groups excluding carboxylic acids is 2. The van der Waals surface area contributed by atoms with E-state index in [1.54, 1.807) is 11.9 Å². The van der Waals surface area contributed by atoms with Crippen molar-refractivity contribution >= 4 is 11.8 Å². The summed E-state index contributed by atoms with van der Waals surface area (Å²) < 4.78 is 0. The van der Waals surface area contributed by atoms with Crippen molar-refractivity contribution < 1.29 is 9.59 Å². The van der Waals surface area contributed by atoms with Crippen LogP contribution in [0.15, 0.2) is 18.6 Å². The Balaban J connectivity index is 2.14. The van der Waals surface area contributed by atoms with Crippen molar-refractivity contribution in [3.05, 3.63) is 24.3 Å². The maximum Gasteiger partial charge on any atom is 0.274 e. The molecule has 6 heteroatoms. The third-order valence-electron chi connectivity index (χ3n) is 3.54. The van der Waals surface area contributed by atoms with Gasteiger partial charge in [0.05, 0.1) is 11.6 Å². The molecule has 2 amide bonds. The van der Waals surface area contributed by atoms with Crippen LogP contribution in [0.2, 0.25) is 0 Å². The molecule has 102 valence electrons. The molecule has 1 fully saturated rings. The second-order valence-electron chi connectivity index (χ2n) is 5.06. The predicted octanol–water partition coefficient (Wildman–Crippen LogP) is 0.465. The molecule has 1 aliphatic heterocycles. The number of likely N-dealkylation sites (tertiary alicyclic amines) is 1. The second-order valence-corrected chi connectivity index (χ2v) is 5.06. The van der Waals surface area contributed by atoms with Gasteiger partial charge in [-0.2, -0.15) is 0 Å². The van der Waals surface area contributed by atoms with Crippen LogP contribution in [-0.4, -0.2) is 46.8 Å². The first-order chi connectivity index (χ1) is 9.07. The van der Waals surface area contributed by atoms with E-state index in [0.29, 0.717) is 18.8 Å². The van der Waals surface area contributed by atoms with Gasteiger partial charge in [-0.15, -0.1) is 0 Å². The minimum absolute atomic E-state index is 0.0239. The number of amides is 2. The molecule has 19 heavy (non-hydrogen) atoms. The van der Waals surface area contributed by atoms with E-state index in [2.05, 4.69) is 15.3 Å². The molecule has 0 aromatic carbocycles. The van der Waals surface area contributed by atoms with Crippen LogP contribution in [0.25, 0.3) is 0 Å². The van der Waals surface area contributed by atoms with Gasteiger partial charge in [0.25, 0.3) is 5.91 Å². The minimum atomic E-state index is -0.523. The number of nitrogens with zero attached hydrogens (tertiary/aromatic N) is 3. The normalized spacial score (nSPS) is 22.9. The third-order valence-corrected chi connectivity index (χ3v) is 3.54. The Bertz CT molecular complexity index is 477. The zero-order chi connectivity index (χ0) is 13.9. The number of nitrogens with one attached hydrogen (secondary N) is 1. The molecule has 1 aromatic rings. The lowest BCUT2D eigenvalue weighted by Crippen LogP contribution is -2.51. The molecule has 1 aromatic heterocycles. The van der Waals surface area contributed by atoms with Crippen LogP contribution < -0.4 is 5.32 Å². The summed E-state index contributed by atoms with van der Waals surface area (Å²) in [6.07, 6.45) is 6.08. The van der Waals surface area contributed by atoms with Crippen LogP contribution in [0.3, 0.4) is 0 Å². The maximum absolute atomic E-state index is 12.3. The first-order valence-corrected chi connectivity index (χ1v) is 6.34. The van der Waals surface area contributed by atoms with Crippen molar-refractivity contribution in [3.63, 3.8) is 0 Å². The van der Waals surface area contributed by atoms with Crippen molar-refractivity contribution in [2.24, 2.45) is 5.41 Å². The van der Waals surface area contributed by atoms with Crippen molar-refractivity contribution in [3.8, 4) is 0 Å². The molecule has 0 radical (unpaired) electrons. The Morgan fingerprint density at radius 3 is 2.84 bits per heavy atom. The van der Waals surface area contributed by atoms with Gasteiger partial charge in [-0.1, -0.05) is 0 Å². The number of aromatic nitrogens is 2. The van der Waals surface area contributed by atoms with E-state index in [1.165, 1.54) is 18.6 Å². The van der Waals surface area contributed by atoms with Crippen LogP contribution in [0, 0.1) is 5.41 Å². The molecule has 0 saturated carbocycles. The molecule has 0 aliphatic carbocycles. The molecule has 2 heterocycles. The lowest BCUT2D eigenvalue weighted by atomic mass is 9.81. The van der Waals surface area contributed by atoms with Gasteiger partial charge < -0.3 is 10.2 Å². The zero-order valence-corrected chi connectivity index (χ0v) is 11.2. The third kappa shape index (κ3) is 2.72. The van der Waals surface area contributed by atoms with E-state index in [-0.39, 0.29) is 11.8 Å². The summed E-state index contributed by atoms with van der Waals surface area (Å²) in [6, 6.07) is 0. The van der Waals surface area contributed by atoms with Gasteiger partial charge in [0.15, 0.2) is 0 Å². The first kappa shape index (κ1) is 13.5. The molecule has 1 N–H and O–H groups in total. The minimum Gasteiger partial charge on any atom is -0.359 e. The lowest BCUT2D eigenvalue weighted by molar-refractivity contribution is -0.132. The summed E-state index contributed by atoms with van der Waals surface area (Å²) in [7, 11) is 1.62. The molecule has 0 bridgehead atoms. The molecule has 2 rings (SSSR count). The van der Waals surface area contributed by atoms with E-state index >= 15 is 0 Å². The topological polar surface area (TPSA) is 75.2 Å². The number of rotatable bonds is 2. The average molecular weight is 262 g/mol. The Morgan fingerprint density at radius 2 is 2.21 bits per heavy atom. The van der Waals surface area contributed by atoms with Gasteiger partial charge in [0.1, 0.15) is 5.69 Å². The molecule has 1 unspecified atom stereocenters. The Kier molecular flexibility index (Phi) is 3.78. The van der Waals surface area contributed by atoms with Gasteiger partial charge >= 0.3 is 0 Å². The number of hydrogen-bond donors (Lipinski definition) is 1. The van der Waals surface area contributed by atoms with E-state index in [4.69, 9.17) is 0 Å². The molecule has 1 saturated heterocycles. The van der Waals surface area contributed by atoms with Crippen molar-refractivity contribution in [1.29, 1.82) is 0 Å². The summed E-state index contributed by atoms with van der Waals surface area (Å²) in [6.45, 7) is 2.96. The number of carbonyl (C=O) groups is 2. The quantitative estimate of drug-likeness (QED) is 0.840. The highest BCUT2D eigenvalue weighted by Gasteiger charge is 2.39. The highest BCUT2D eigenvalue weighted by atomic mass is 16.2. The zero-order valence-electron chi connectivity index (χ0n) is 11.2. The monoisotopic (exact) mass is 262 g/mol. The number of piperidine rings is 1. The van der Waals surface area contributed by atoms with E-state index in [1.807, 2.05) is 6.92 Å². The van der Waals surface area contributed by atoms with Gasteiger partial charge in [0, 0.05) is 32.5 Å². The Labute approximate surface area is 112 Å². The SMILES string of the molecule is CNC(=O)C1(C)CCCN(C(=O)c2cnccn2)C1. The summed E-state index contributed by atoms with van der Waals surface area (Å²) >= 11 is 0. The lowest BCUT2D eigenvalue weighted by Gasteiger charge is -2.38. The molecule has 1 atom stereocenters. The molecule has 0 spiro atoms. The highest BCUT2D eigenvalue weighted by molar-refractivity contribution is 5.93. The van der Waals surface area contributed by atoms with E-state index < -0.39 is 5.41 Å². The highest BCUT2D eigenvalue weighted by Crippen LogP contribution is 2.30. The molecule has 1 aliphatic rings. The Hall–Kier alpha value is -1.98. The molecular weight excluding hydrogens is 244 g/mol. The van der Waals surface area contributed by atoms with Crippen LogP contribution in [0.5, 0.6) is 0 Å². The predicted molar refractivity (Wildman–Crippen MR) is 69.3 cm³/mol. The first-order valence-electron chi connectivity index (χ1n) is 6.34. The van der Waals surface area contributed by atoms with Crippen LogP contribution >= 0.6 is 0 Å². The van der Waals surface area contributed by atoms with Crippen molar-refractivity contribution in [1.82, 2.24) is 20.2 Å².